The molecule has 3 atom stereocenters. The first-order chi connectivity index (χ1) is 13.4. The fourth-order valence-corrected chi connectivity index (χ4v) is 4.15. The van der Waals surface area contributed by atoms with E-state index in [1.165, 1.54) is 11.8 Å². The summed E-state index contributed by atoms with van der Waals surface area (Å²) < 4.78 is 21.1. The highest BCUT2D eigenvalue weighted by Gasteiger charge is 2.47. The average Bonchev–Trinajstić information content (AvgIpc) is 2.86. The predicted octanol–water partition coefficient (Wildman–Crippen LogP) is 2.92. The van der Waals surface area contributed by atoms with Gasteiger partial charge in [0.05, 0.1) is 39.2 Å². The highest BCUT2D eigenvalue weighted by atomic mass is 35.5. The standard InChI is InChI=1S/C20H33ClN4O4S/c1-17(2,3)29-16(26)25-11-19(7,24-30(28)18(4,5)6)12-9-13(20(8,27)10-22)23-15(21)14(12)25/h9,24,27H,10-11,22H2,1-8H3/t19-,20-,30?/m1/s1. The van der Waals surface area contributed by atoms with Gasteiger partial charge in [-0.25, -0.2) is 18.7 Å². The van der Waals surface area contributed by atoms with Crippen molar-refractivity contribution in [2.75, 3.05) is 18.0 Å². The zero-order valence-electron chi connectivity index (χ0n) is 18.9. The number of halogens is 1. The molecule has 1 unspecified atom stereocenters. The second-order valence-corrected chi connectivity index (χ2v) is 12.4. The maximum atomic E-state index is 12.9. The molecule has 0 saturated heterocycles. The summed E-state index contributed by atoms with van der Waals surface area (Å²) in [6.45, 7) is 14.3. The number of aliphatic hydroxyl groups is 1. The van der Waals surface area contributed by atoms with Crippen LogP contribution in [0.1, 0.15) is 66.6 Å². The lowest BCUT2D eigenvalue weighted by molar-refractivity contribution is 0.0577. The van der Waals surface area contributed by atoms with E-state index >= 15 is 0 Å². The number of nitrogens with zero attached hydrogens (tertiary/aromatic N) is 2. The molecule has 0 aromatic carbocycles. The molecule has 10 heteroatoms. The van der Waals surface area contributed by atoms with Crippen LogP contribution in [0, 0.1) is 0 Å². The molecule has 1 aliphatic rings. The molecule has 1 aliphatic heterocycles. The highest BCUT2D eigenvalue weighted by Crippen LogP contribution is 2.45. The topological polar surface area (TPSA) is 118 Å². The molecule has 8 nitrogen and oxygen atoms in total. The lowest BCUT2D eigenvalue weighted by atomic mass is 9.92. The Kier molecular flexibility index (Phi) is 6.68. The fraction of sp³-hybridized carbons (Fsp3) is 0.700. The van der Waals surface area contributed by atoms with Crippen LogP contribution < -0.4 is 15.4 Å². The molecule has 0 bridgehead atoms. The van der Waals surface area contributed by atoms with Crippen molar-refractivity contribution < 1.29 is 18.8 Å². The maximum absolute atomic E-state index is 12.9. The van der Waals surface area contributed by atoms with Gasteiger partial charge < -0.3 is 15.6 Å². The number of carbonyl (C=O) groups excluding carboxylic acids is 1. The van der Waals surface area contributed by atoms with Gasteiger partial charge >= 0.3 is 6.09 Å². The first-order valence-corrected chi connectivity index (χ1v) is 11.3. The van der Waals surface area contributed by atoms with Gasteiger partial charge in [0.25, 0.3) is 0 Å². The van der Waals surface area contributed by atoms with Gasteiger partial charge in [0, 0.05) is 12.1 Å². The summed E-state index contributed by atoms with van der Waals surface area (Å²) in [6.07, 6.45) is -0.585. The molecule has 170 valence electrons. The van der Waals surface area contributed by atoms with Gasteiger partial charge in [0.2, 0.25) is 0 Å². The Bertz CT molecular complexity index is 864. The third-order valence-electron chi connectivity index (χ3n) is 4.73. The van der Waals surface area contributed by atoms with Gasteiger partial charge in [-0.05, 0) is 61.5 Å². The predicted molar refractivity (Wildman–Crippen MR) is 120 cm³/mol. The van der Waals surface area contributed by atoms with Crippen LogP contribution in [0.5, 0.6) is 0 Å². The van der Waals surface area contributed by atoms with Gasteiger partial charge in [0.1, 0.15) is 11.2 Å². The number of aromatic nitrogens is 1. The molecule has 0 saturated carbocycles. The average molecular weight is 461 g/mol. The van der Waals surface area contributed by atoms with Crippen molar-refractivity contribution >= 4 is 34.4 Å². The molecular weight excluding hydrogens is 428 g/mol. The molecule has 2 rings (SSSR count). The van der Waals surface area contributed by atoms with Gasteiger partial charge in [0.15, 0.2) is 5.15 Å². The van der Waals surface area contributed by atoms with E-state index in [9.17, 15) is 14.1 Å². The van der Waals surface area contributed by atoms with Crippen molar-refractivity contribution in [2.45, 2.75) is 76.9 Å². The first-order valence-electron chi connectivity index (χ1n) is 9.75. The Labute approximate surface area is 186 Å². The molecular formula is C20H33ClN4O4S. The van der Waals surface area contributed by atoms with E-state index in [2.05, 4.69) is 9.71 Å². The van der Waals surface area contributed by atoms with E-state index in [0.29, 0.717) is 11.3 Å². The Hall–Kier alpha value is -1.26. The summed E-state index contributed by atoms with van der Waals surface area (Å²) in [6, 6.07) is 1.66. The number of anilines is 1. The van der Waals surface area contributed by atoms with Crippen LogP contribution in [0.4, 0.5) is 10.5 Å². The number of rotatable bonds is 4. The van der Waals surface area contributed by atoms with Crippen LogP contribution in [0.25, 0.3) is 0 Å². The number of pyridine rings is 1. The summed E-state index contributed by atoms with van der Waals surface area (Å²) in [5.74, 6) is 0. The van der Waals surface area contributed by atoms with Crippen LogP contribution in [0.2, 0.25) is 5.15 Å². The van der Waals surface area contributed by atoms with Crippen molar-refractivity contribution in [3.8, 4) is 0 Å². The number of carbonyl (C=O) groups is 1. The van der Waals surface area contributed by atoms with Gasteiger partial charge in [-0.3, -0.25) is 4.90 Å². The first kappa shape index (κ1) is 25.0. The number of amides is 1. The molecule has 0 fully saturated rings. The molecule has 30 heavy (non-hydrogen) atoms. The Morgan fingerprint density at radius 2 is 1.93 bits per heavy atom. The smallest absolute Gasteiger partial charge is 0.414 e. The van der Waals surface area contributed by atoms with E-state index in [4.69, 9.17) is 22.1 Å². The Morgan fingerprint density at radius 1 is 1.37 bits per heavy atom. The van der Waals surface area contributed by atoms with Crippen molar-refractivity contribution in [3.05, 3.63) is 22.5 Å². The molecule has 4 N–H and O–H groups in total. The van der Waals surface area contributed by atoms with Crippen LogP contribution in [-0.4, -0.2) is 43.8 Å². The fourth-order valence-electron chi connectivity index (χ4n) is 2.96. The number of fused-ring (bicyclic) bond motifs is 1. The molecule has 1 amide bonds. The second kappa shape index (κ2) is 8.02. The molecule has 1 aromatic rings. The van der Waals surface area contributed by atoms with Crippen LogP contribution >= 0.6 is 11.6 Å². The summed E-state index contributed by atoms with van der Waals surface area (Å²) in [4.78, 5) is 18.6. The highest BCUT2D eigenvalue weighted by molar-refractivity contribution is 7.84. The SMILES string of the molecule is CC(C)(C)OC(=O)N1C[C@@](C)(NS(=O)C(C)(C)C)c2cc([C@](C)(O)CN)nc(Cl)c21. The molecule has 1 aromatic heterocycles. The largest absolute Gasteiger partial charge is 0.443 e. The number of hydrogen-bond donors (Lipinski definition) is 3. The molecule has 2 heterocycles. The number of hydrogen-bond acceptors (Lipinski definition) is 6. The quantitative estimate of drug-likeness (QED) is 0.594. The minimum absolute atomic E-state index is 0.0363. The van der Waals surface area contributed by atoms with E-state index < -0.39 is 38.6 Å². The molecule has 0 radical (unpaired) electrons. The number of nitrogens with one attached hydrogen (secondary N) is 1. The second-order valence-electron chi connectivity index (χ2n) is 10.1. The van der Waals surface area contributed by atoms with Crippen LogP contribution in [0.3, 0.4) is 0 Å². The van der Waals surface area contributed by atoms with Gasteiger partial charge in [-0.2, -0.15) is 0 Å². The summed E-state index contributed by atoms with van der Waals surface area (Å²) in [5.41, 5.74) is 3.89. The Morgan fingerprint density at radius 3 is 2.40 bits per heavy atom. The third-order valence-corrected chi connectivity index (χ3v) is 6.74. The van der Waals surface area contributed by atoms with Crippen LogP contribution in [-0.2, 0) is 26.9 Å². The third kappa shape index (κ3) is 5.13. The maximum Gasteiger partial charge on any atom is 0.414 e. The van der Waals surface area contributed by atoms with Gasteiger partial charge in [-0.15, -0.1) is 0 Å². The van der Waals surface area contributed by atoms with E-state index in [1.54, 1.807) is 26.8 Å². The summed E-state index contributed by atoms with van der Waals surface area (Å²) >= 11 is 6.49. The monoisotopic (exact) mass is 460 g/mol. The van der Waals surface area contributed by atoms with Crippen molar-refractivity contribution in [1.29, 1.82) is 0 Å². The molecule has 0 spiro atoms. The minimum atomic E-state index is -1.44. The van der Waals surface area contributed by atoms with Crippen molar-refractivity contribution in [2.24, 2.45) is 5.73 Å². The number of ether oxygens (including phenoxy) is 1. The van der Waals surface area contributed by atoms with Crippen molar-refractivity contribution in [1.82, 2.24) is 9.71 Å². The lowest BCUT2D eigenvalue weighted by Gasteiger charge is -2.31. The van der Waals surface area contributed by atoms with E-state index in [-0.39, 0.29) is 23.9 Å². The van der Waals surface area contributed by atoms with Crippen molar-refractivity contribution in [3.63, 3.8) is 0 Å². The van der Waals surface area contributed by atoms with E-state index in [0.717, 1.165) is 0 Å². The molecule has 0 aliphatic carbocycles. The summed E-state index contributed by atoms with van der Waals surface area (Å²) in [5, 5.41) is 10.7. The van der Waals surface area contributed by atoms with E-state index in [1.807, 2.05) is 27.7 Å². The zero-order chi connectivity index (χ0) is 23.3. The normalized spacial score (nSPS) is 22.4. The minimum Gasteiger partial charge on any atom is -0.443 e. The van der Waals surface area contributed by atoms with Crippen LogP contribution in [0.15, 0.2) is 6.07 Å². The lowest BCUT2D eigenvalue weighted by Crippen LogP contribution is -2.50. The summed E-state index contributed by atoms with van der Waals surface area (Å²) in [7, 11) is -1.44. The van der Waals surface area contributed by atoms with Gasteiger partial charge in [-0.1, -0.05) is 11.6 Å². The number of nitrogens with two attached hydrogens (primary N) is 1. The zero-order valence-corrected chi connectivity index (χ0v) is 20.5. The Balaban J connectivity index is 2.64.